The van der Waals surface area contributed by atoms with Crippen LogP contribution in [-0.4, -0.2) is 74.4 Å². The Morgan fingerprint density at radius 2 is 1.38 bits per heavy atom. The van der Waals surface area contributed by atoms with Crippen molar-refractivity contribution in [2.45, 2.75) is 58.9 Å². The fraction of sp³-hybridized carbons (Fsp3) is 0.667. The molecule has 0 unspecified atom stereocenters. The summed E-state index contributed by atoms with van der Waals surface area (Å²) in [5.74, 6) is 4.35. The van der Waals surface area contributed by atoms with Crippen molar-refractivity contribution in [3.8, 4) is 22.6 Å². The maximum Gasteiger partial charge on any atom is 0.253 e. The Morgan fingerprint density at radius 3 is 1.93 bits per heavy atom. The van der Waals surface area contributed by atoms with E-state index in [2.05, 4.69) is 27.2 Å². The molecule has 40 heavy (non-hydrogen) atoms. The number of methoxy groups -OCH3 is 2. The lowest BCUT2D eigenvalue weighted by molar-refractivity contribution is 0.0837. The van der Waals surface area contributed by atoms with Gasteiger partial charge in [0.1, 0.15) is 11.5 Å². The lowest BCUT2D eigenvalue weighted by Crippen LogP contribution is -2.43. The van der Waals surface area contributed by atoms with Crippen LogP contribution in [0, 0.1) is 31.6 Å². The van der Waals surface area contributed by atoms with E-state index in [4.69, 9.17) is 9.47 Å². The fourth-order valence-corrected chi connectivity index (χ4v) is 7.40. The first-order valence-electron chi connectivity index (χ1n) is 15.5. The van der Waals surface area contributed by atoms with Gasteiger partial charge in [-0.1, -0.05) is 0 Å². The van der Waals surface area contributed by atoms with Gasteiger partial charge in [-0.15, -0.1) is 0 Å². The van der Waals surface area contributed by atoms with Crippen molar-refractivity contribution in [3.05, 3.63) is 45.4 Å². The molecule has 0 amide bonds. The Balaban J connectivity index is 1.20. The normalized spacial score (nSPS) is 20.6. The third kappa shape index (κ3) is 6.42. The van der Waals surface area contributed by atoms with Gasteiger partial charge in [0.2, 0.25) is 0 Å². The van der Waals surface area contributed by atoms with Crippen molar-refractivity contribution >= 4 is 0 Å². The lowest BCUT2D eigenvalue weighted by atomic mass is 9.78. The number of likely N-dealkylation sites (tertiary alicyclic amines) is 2. The van der Waals surface area contributed by atoms with Gasteiger partial charge in [-0.3, -0.25) is 9.69 Å². The molecule has 1 aromatic heterocycles. The molecule has 5 rings (SSSR count). The van der Waals surface area contributed by atoms with Gasteiger partial charge >= 0.3 is 0 Å². The largest absolute Gasteiger partial charge is 0.496 e. The topological polar surface area (TPSA) is 59.0 Å². The quantitative estimate of drug-likeness (QED) is 0.518. The van der Waals surface area contributed by atoms with Crippen LogP contribution in [0.2, 0.25) is 0 Å². The fourth-order valence-electron chi connectivity index (χ4n) is 7.40. The van der Waals surface area contributed by atoms with E-state index in [1.807, 2.05) is 27.1 Å². The van der Waals surface area contributed by atoms with E-state index < -0.39 is 0 Å². The molecule has 3 fully saturated rings. The molecule has 0 atom stereocenters. The Labute approximate surface area is 240 Å². The summed E-state index contributed by atoms with van der Waals surface area (Å²) in [5.41, 5.74) is 4.97. The van der Waals surface area contributed by atoms with E-state index in [1.54, 1.807) is 18.8 Å². The summed E-state index contributed by atoms with van der Waals surface area (Å²) in [4.78, 5) is 17.7. The van der Waals surface area contributed by atoms with Gasteiger partial charge in [0.05, 0.1) is 19.8 Å². The summed E-state index contributed by atoms with van der Waals surface area (Å²) in [6.45, 7) is 13.3. The molecule has 7 nitrogen and oxygen atoms in total. The molecule has 7 heteroatoms. The van der Waals surface area contributed by atoms with Crippen LogP contribution in [0.4, 0.5) is 0 Å². The summed E-state index contributed by atoms with van der Waals surface area (Å²) in [7, 11) is 5.29. The van der Waals surface area contributed by atoms with Crippen molar-refractivity contribution in [1.29, 1.82) is 0 Å². The van der Waals surface area contributed by atoms with Crippen molar-refractivity contribution in [1.82, 2.24) is 19.7 Å². The number of hydrogen-bond acceptors (Lipinski definition) is 6. The monoisotopic (exact) mass is 550 g/mol. The molecule has 0 aliphatic carbocycles. The van der Waals surface area contributed by atoms with Gasteiger partial charge in [-0.05, 0) is 133 Å². The van der Waals surface area contributed by atoms with E-state index >= 15 is 0 Å². The van der Waals surface area contributed by atoms with E-state index in [0.717, 1.165) is 76.7 Å². The van der Waals surface area contributed by atoms with Gasteiger partial charge in [0, 0.05) is 37.5 Å². The SMILES string of the molecule is COc1cc(-c2cn(C)c(=O)c(C)c2C)cc(OC)c1CN1CCC(C2CCN(CC3CCNCC3)CC2)CC1. The van der Waals surface area contributed by atoms with Gasteiger partial charge in [-0.2, -0.15) is 0 Å². The minimum absolute atomic E-state index is 0.0444. The number of rotatable bonds is 8. The zero-order valence-electron chi connectivity index (χ0n) is 25.4. The van der Waals surface area contributed by atoms with E-state index in [9.17, 15) is 4.79 Å². The molecule has 0 saturated carbocycles. The second-order valence-corrected chi connectivity index (χ2v) is 12.5. The van der Waals surface area contributed by atoms with Crippen LogP contribution < -0.4 is 20.3 Å². The van der Waals surface area contributed by atoms with Crippen LogP contribution in [0.1, 0.15) is 55.2 Å². The number of nitrogens with zero attached hydrogens (tertiary/aromatic N) is 3. The van der Waals surface area contributed by atoms with Crippen LogP contribution in [0.3, 0.4) is 0 Å². The number of nitrogens with one attached hydrogen (secondary N) is 1. The molecule has 0 bridgehead atoms. The van der Waals surface area contributed by atoms with Crippen LogP contribution >= 0.6 is 0 Å². The van der Waals surface area contributed by atoms with E-state index in [0.29, 0.717) is 0 Å². The van der Waals surface area contributed by atoms with Gasteiger partial charge in [0.25, 0.3) is 5.56 Å². The lowest BCUT2D eigenvalue weighted by Gasteiger charge is -2.41. The third-order valence-electron chi connectivity index (χ3n) is 10.1. The molecule has 3 saturated heterocycles. The number of benzene rings is 1. The van der Waals surface area contributed by atoms with E-state index in [-0.39, 0.29) is 5.56 Å². The molecule has 2 aromatic rings. The Hall–Kier alpha value is -2.35. The maximum atomic E-state index is 12.4. The third-order valence-corrected chi connectivity index (χ3v) is 10.1. The summed E-state index contributed by atoms with van der Waals surface area (Å²) < 4.78 is 13.5. The molecule has 0 spiro atoms. The van der Waals surface area contributed by atoms with Crippen molar-refractivity contribution in [2.75, 3.05) is 60.0 Å². The first kappa shape index (κ1) is 29.2. The molecular weight excluding hydrogens is 500 g/mol. The zero-order valence-corrected chi connectivity index (χ0v) is 25.4. The zero-order chi connectivity index (χ0) is 28.2. The standard InChI is InChI=1S/C33H50N4O3/c1-23-24(2)33(38)35(3)21-29(23)28-18-31(39-4)30(32(19-28)40-5)22-37-16-10-27(11-17-37)26-8-14-36(15-9-26)20-25-6-12-34-13-7-25/h18-19,21,25-27,34H,6-17,20,22H2,1-5H3. The molecular formula is C33H50N4O3. The average Bonchev–Trinajstić information content (AvgIpc) is 2.99. The highest BCUT2D eigenvalue weighted by Gasteiger charge is 2.31. The predicted octanol–water partition coefficient (Wildman–Crippen LogP) is 4.61. The Morgan fingerprint density at radius 1 is 0.825 bits per heavy atom. The van der Waals surface area contributed by atoms with Crippen molar-refractivity contribution in [3.63, 3.8) is 0 Å². The summed E-state index contributed by atoms with van der Waals surface area (Å²) in [6, 6.07) is 4.21. The predicted molar refractivity (Wildman–Crippen MR) is 162 cm³/mol. The summed E-state index contributed by atoms with van der Waals surface area (Å²) in [5, 5.41) is 3.50. The smallest absolute Gasteiger partial charge is 0.253 e. The first-order chi connectivity index (χ1) is 19.4. The van der Waals surface area contributed by atoms with E-state index in [1.165, 1.54) is 71.2 Å². The molecule has 3 aliphatic heterocycles. The molecule has 0 radical (unpaired) electrons. The molecule has 4 heterocycles. The number of ether oxygens (including phenoxy) is 2. The molecule has 3 aliphatic rings. The maximum absolute atomic E-state index is 12.4. The molecule has 1 aromatic carbocycles. The summed E-state index contributed by atoms with van der Waals surface area (Å²) in [6.07, 6.45) is 9.95. The minimum Gasteiger partial charge on any atom is -0.496 e. The number of piperidine rings is 3. The Bertz CT molecular complexity index is 1180. The van der Waals surface area contributed by atoms with Crippen LogP contribution in [0.25, 0.3) is 11.1 Å². The van der Waals surface area contributed by atoms with Gasteiger partial charge < -0.3 is 24.3 Å². The highest BCUT2D eigenvalue weighted by molar-refractivity contribution is 5.72. The molecule has 1 N–H and O–H groups in total. The highest BCUT2D eigenvalue weighted by atomic mass is 16.5. The van der Waals surface area contributed by atoms with Crippen LogP contribution in [0.5, 0.6) is 11.5 Å². The summed E-state index contributed by atoms with van der Waals surface area (Å²) >= 11 is 0. The molecule has 220 valence electrons. The highest BCUT2D eigenvalue weighted by Crippen LogP contribution is 2.39. The van der Waals surface area contributed by atoms with Gasteiger partial charge in [0.15, 0.2) is 0 Å². The van der Waals surface area contributed by atoms with Crippen molar-refractivity contribution < 1.29 is 9.47 Å². The Kier molecular flexibility index (Phi) is 9.54. The number of hydrogen-bond donors (Lipinski definition) is 1. The number of aryl methyl sites for hydroxylation is 1. The van der Waals surface area contributed by atoms with Crippen LogP contribution in [-0.2, 0) is 13.6 Å². The number of aromatic nitrogens is 1. The van der Waals surface area contributed by atoms with Crippen molar-refractivity contribution in [2.24, 2.45) is 24.8 Å². The van der Waals surface area contributed by atoms with Crippen LogP contribution in [0.15, 0.2) is 23.1 Å². The second kappa shape index (κ2) is 13.1. The first-order valence-corrected chi connectivity index (χ1v) is 15.5. The second-order valence-electron chi connectivity index (χ2n) is 12.5. The van der Waals surface area contributed by atoms with Gasteiger partial charge in [-0.25, -0.2) is 0 Å². The average molecular weight is 551 g/mol. The minimum atomic E-state index is 0.0444. The number of pyridine rings is 1.